The molecule has 0 saturated carbocycles. The fourth-order valence-corrected chi connectivity index (χ4v) is 2.75. The van der Waals surface area contributed by atoms with Gasteiger partial charge in [0.1, 0.15) is 0 Å². The maximum Gasteiger partial charge on any atom is 0.0693 e. The molecule has 0 amide bonds. The van der Waals surface area contributed by atoms with E-state index in [0.29, 0.717) is 27.6 Å². The quantitative estimate of drug-likeness (QED) is 0.772. The molecule has 4 heteroatoms. The van der Waals surface area contributed by atoms with Crippen LogP contribution < -0.4 is 5.73 Å². The molecule has 0 aliphatic rings. The largest absolute Gasteiger partial charge is 0.396 e. The van der Waals surface area contributed by atoms with E-state index >= 15 is 0 Å². The Bertz CT molecular complexity index is 384. The van der Waals surface area contributed by atoms with Crippen LogP contribution in [0.15, 0.2) is 12.1 Å². The Hall–Kier alpha value is -0.440. The average Bonchev–Trinajstić information content (AvgIpc) is 2.23. The highest BCUT2D eigenvalue weighted by atomic mass is 35.5. The zero-order valence-corrected chi connectivity index (χ0v) is 13.7. The van der Waals surface area contributed by atoms with Gasteiger partial charge >= 0.3 is 0 Å². The van der Waals surface area contributed by atoms with Crippen LogP contribution in [-0.4, -0.2) is 18.0 Å². The maximum atomic E-state index is 6.09. The first-order valence-electron chi connectivity index (χ1n) is 6.75. The van der Waals surface area contributed by atoms with Gasteiger partial charge < -0.3 is 5.73 Å². The van der Waals surface area contributed by atoms with Crippen molar-refractivity contribution < 1.29 is 0 Å². The fourth-order valence-electron chi connectivity index (χ4n) is 2.22. The van der Waals surface area contributed by atoms with Crippen molar-refractivity contribution >= 4 is 28.9 Å². The van der Waals surface area contributed by atoms with Crippen molar-refractivity contribution in [3.8, 4) is 0 Å². The SMILES string of the molecule is CC(C)CN(Cc1cc(Cl)c(N)c(Cl)c1)CC(C)C. The third-order valence-corrected chi connectivity index (χ3v) is 3.42. The maximum absolute atomic E-state index is 6.09. The number of nitrogens with two attached hydrogens (primary N) is 1. The number of hydrogen-bond donors (Lipinski definition) is 1. The van der Waals surface area contributed by atoms with Crippen LogP contribution in [0.25, 0.3) is 0 Å². The lowest BCUT2D eigenvalue weighted by molar-refractivity contribution is 0.211. The van der Waals surface area contributed by atoms with Crippen LogP contribution >= 0.6 is 23.2 Å². The van der Waals surface area contributed by atoms with E-state index in [1.165, 1.54) is 0 Å². The van der Waals surface area contributed by atoms with Crippen LogP contribution in [0, 0.1) is 11.8 Å². The number of rotatable bonds is 6. The highest BCUT2D eigenvalue weighted by molar-refractivity contribution is 6.38. The summed E-state index contributed by atoms with van der Waals surface area (Å²) in [6, 6.07) is 3.83. The minimum absolute atomic E-state index is 0.464. The molecule has 0 aliphatic carbocycles. The summed E-state index contributed by atoms with van der Waals surface area (Å²) in [4.78, 5) is 2.44. The monoisotopic (exact) mass is 302 g/mol. The van der Waals surface area contributed by atoms with E-state index in [1.54, 1.807) is 0 Å². The Balaban J connectivity index is 2.83. The molecular weight excluding hydrogens is 279 g/mol. The second-order valence-corrected chi connectivity index (χ2v) is 6.77. The molecule has 2 nitrogen and oxygen atoms in total. The number of nitrogen functional groups attached to an aromatic ring is 1. The summed E-state index contributed by atoms with van der Waals surface area (Å²) in [6.45, 7) is 11.9. The van der Waals surface area contributed by atoms with E-state index in [0.717, 1.165) is 25.2 Å². The molecular formula is C15H24Cl2N2. The van der Waals surface area contributed by atoms with Gasteiger partial charge in [-0.15, -0.1) is 0 Å². The summed E-state index contributed by atoms with van der Waals surface area (Å²) in [7, 11) is 0. The summed E-state index contributed by atoms with van der Waals surface area (Å²) in [6.07, 6.45) is 0. The zero-order valence-electron chi connectivity index (χ0n) is 12.2. The standard InChI is InChI=1S/C15H24Cl2N2/c1-10(2)7-19(8-11(3)4)9-12-5-13(16)15(18)14(17)6-12/h5-6,10-11H,7-9,18H2,1-4H3. The van der Waals surface area contributed by atoms with Crippen LogP contribution in [0.1, 0.15) is 33.3 Å². The van der Waals surface area contributed by atoms with Gasteiger partial charge in [0.15, 0.2) is 0 Å². The first-order chi connectivity index (χ1) is 8.79. The average molecular weight is 303 g/mol. The summed E-state index contributed by atoms with van der Waals surface area (Å²) >= 11 is 12.2. The lowest BCUT2D eigenvalue weighted by Gasteiger charge is -2.26. The van der Waals surface area contributed by atoms with Crippen molar-refractivity contribution in [3.63, 3.8) is 0 Å². The highest BCUT2D eigenvalue weighted by Gasteiger charge is 2.12. The molecule has 0 unspecified atom stereocenters. The van der Waals surface area contributed by atoms with Gasteiger partial charge in [-0.05, 0) is 29.5 Å². The predicted octanol–water partition coefficient (Wildman–Crippen LogP) is 4.69. The van der Waals surface area contributed by atoms with E-state index in [4.69, 9.17) is 28.9 Å². The Morgan fingerprint density at radius 1 is 1.00 bits per heavy atom. The molecule has 108 valence electrons. The van der Waals surface area contributed by atoms with Crippen molar-refractivity contribution in [1.29, 1.82) is 0 Å². The first kappa shape index (κ1) is 16.6. The molecule has 0 saturated heterocycles. The first-order valence-corrected chi connectivity index (χ1v) is 7.51. The van der Waals surface area contributed by atoms with Gasteiger partial charge in [0, 0.05) is 19.6 Å². The molecule has 0 bridgehead atoms. The smallest absolute Gasteiger partial charge is 0.0693 e. The van der Waals surface area contributed by atoms with Gasteiger partial charge in [-0.25, -0.2) is 0 Å². The molecule has 1 rings (SSSR count). The van der Waals surface area contributed by atoms with Crippen molar-refractivity contribution in [2.75, 3.05) is 18.8 Å². The summed E-state index contributed by atoms with van der Waals surface area (Å²) in [5, 5.41) is 1.08. The molecule has 19 heavy (non-hydrogen) atoms. The van der Waals surface area contributed by atoms with Crippen LogP contribution in [0.2, 0.25) is 10.0 Å². The Morgan fingerprint density at radius 2 is 1.42 bits per heavy atom. The third kappa shape index (κ3) is 5.60. The molecule has 0 atom stereocenters. The van der Waals surface area contributed by atoms with Crippen molar-refractivity contribution in [2.45, 2.75) is 34.2 Å². The van der Waals surface area contributed by atoms with E-state index in [9.17, 15) is 0 Å². The van der Waals surface area contributed by atoms with Crippen LogP contribution in [0.3, 0.4) is 0 Å². The molecule has 0 aromatic heterocycles. The van der Waals surface area contributed by atoms with E-state index < -0.39 is 0 Å². The summed E-state index contributed by atoms with van der Waals surface area (Å²) in [5.74, 6) is 1.27. The van der Waals surface area contributed by atoms with Gasteiger partial charge in [-0.2, -0.15) is 0 Å². The lowest BCUT2D eigenvalue weighted by atomic mass is 10.1. The number of hydrogen-bond acceptors (Lipinski definition) is 2. The van der Waals surface area contributed by atoms with Crippen molar-refractivity contribution in [3.05, 3.63) is 27.7 Å². The molecule has 0 spiro atoms. The minimum atomic E-state index is 0.464. The topological polar surface area (TPSA) is 29.3 Å². The fraction of sp³-hybridized carbons (Fsp3) is 0.600. The minimum Gasteiger partial charge on any atom is -0.396 e. The van der Waals surface area contributed by atoms with Gasteiger partial charge in [0.25, 0.3) is 0 Å². The third-order valence-electron chi connectivity index (χ3n) is 2.79. The molecule has 1 aromatic carbocycles. The van der Waals surface area contributed by atoms with Gasteiger partial charge in [0.2, 0.25) is 0 Å². The van der Waals surface area contributed by atoms with Gasteiger partial charge in [-0.3, -0.25) is 4.90 Å². The number of anilines is 1. The van der Waals surface area contributed by atoms with Crippen molar-refractivity contribution in [1.82, 2.24) is 4.90 Å². The number of nitrogens with zero attached hydrogens (tertiary/aromatic N) is 1. The molecule has 2 N–H and O–H groups in total. The summed E-state index contributed by atoms with van der Waals surface area (Å²) in [5.41, 5.74) is 7.35. The molecule has 0 aliphatic heterocycles. The highest BCUT2D eigenvalue weighted by Crippen LogP contribution is 2.29. The second kappa shape index (κ2) is 7.37. The van der Waals surface area contributed by atoms with E-state index in [-0.39, 0.29) is 0 Å². The zero-order chi connectivity index (χ0) is 14.6. The molecule has 0 heterocycles. The van der Waals surface area contributed by atoms with Gasteiger partial charge in [0.05, 0.1) is 15.7 Å². The summed E-state index contributed by atoms with van der Waals surface area (Å²) < 4.78 is 0. The molecule has 0 fully saturated rings. The number of benzene rings is 1. The van der Waals surface area contributed by atoms with E-state index in [2.05, 4.69) is 32.6 Å². The van der Waals surface area contributed by atoms with Crippen molar-refractivity contribution in [2.24, 2.45) is 11.8 Å². The Labute approximate surface area is 126 Å². The van der Waals surface area contributed by atoms with Gasteiger partial charge in [-0.1, -0.05) is 50.9 Å². The predicted molar refractivity (Wildman–Crippen MR) is 85.8 cm³/mol. The normalized spacial score (nSPS) is 11.8. The molecule has 1 aromatic rings. The van der Waals surface area contributed by atoms with Crippen LogP contribution in [0.4, 0.5) is 5.69 Å². The lowest BCUT2D eigenvalue weighted by Crippen LogP contribution is -2.30. The molecule has 0 radical (unpaired) electrons. The van der Waals surface area contributed by atoms with E-state index in [1.807, 2.05) is 12.1 Å². The Kier molecular flexibility index (Phi) is 6.45. The second-order valence-electron chi connectivity index (χ2n) is 5.95. The van der Waals surface area contributed by atoms with Crippen LogP contribution in [0.5, 0.6) is 0 Å². The number of halogens is 2. The Morgan fingerprint density at radius 3 is 1.79 bits per heavy atom. The van der Waals surface area contributed by atoms with Crippen LogP contribution in [-0.2, 0) is 6.54 Å².